The molecule has 0 spiro atoms. The minimum atomic E-state index is -0.142. The first kappa shape index (κ1) is 15.0. The molecule has 0 aromatic rings. The van der Waals surface area contributed by atoms with Crippen LogP contribution in [0.5, 0.6) is 0 Å². The average molecular weight is 241 g/mol. The minimum Gasteiger partial charge on any atom is -0.393 e. The van der Waals surface area contributed by atoms with Gasteiger partial charge in [-0.05, 0) is 45.1 Å². The number of hydrogen-bond donors (Lipinski definition) is 1. The maximum absolute atomic E-state index is 9.54. The highest BCUT2D eigenvalue weighted by Gasteiger charge is 2.26. The molecule has 0 saturated carbocycles. The van der Waals surface area contributed by atoms with E-state index in [2.05, 4.69) is 18.7 Å². The highest BCUT2D eigenvalue weighted by atomic mass is 16.3. The van der Waals surface area contributed by atoms with Crippen molar-refractivity contribution >= 4 is 0 Å². The Hall–Kier alpha value is -0.0800. The van der Waals surface area contributed by atoms with E-state index in [1.165, 1.54) is 51.6 Å². The van der Waals surface area contributed by atoms with Crippen LogP contribution in [-0.2, 0) is 0 Å². The van der Waals surface area contributed by atoms with Crippen LogP contribution in [-0.4, -0.2) is 35.2 Å². The quantitative estimate of drug-likeness (QED) is 0.703. The van der Waals surface area contributed by atoms with Gasteiger partial charge in [-0.15, -0.1) is 0 Å². The highest BCUT2D eigenvalue weighted by molar-refractivity contribution is 4.82. The molecule has 1 aliphatic rings. The summed E-state index contributed by atoms with van der Waals surface area (Å²) in [7, 11) is 0. The third-order valence-corrected chi connectivity index (χ3v) is 4.15. The van der Waals surface area contributed by atoms with E-state index < -0.39 is 0 Å². The molecule has 0 bridgehead atoms. The van der Waals surface area contributed by atoms with Gasteiger partial charge in [0.05, 0.1) is 6.10 Å². The van der Waals surface area contributed by atoms with Gasteiger partial charge >= 0.3 is 0 Å². The Balaban J connectivity index is 2.36. The van der Waals surface area contributed by atoms with Crippen molar-refractivity contribution < 1.29 is 5.11 Å². The first-order valence-electron chi connectivity index (χ1n) is 7.59. The second-order valence-corrected chi connectivity index (χ2v) is 5.79. The average Bonchev–Trinajstić information content (AvgIpc) is 2.70. The van der Waals surface area contributed by atoms with Crippen LogP contribution in [0.1, 0.15) is 65.7 Å². The van der Waals surface area contributed by atoms with Crippen molar-refractivity contribution in [2.24, 2.45) is 5.92 Å². The van der Waals surface area contributed by atoms with Crippen molar-refractivity contribution in [3.8, 4) is 0 Å². The Morgan fingerprint density at radius 2 is 2.12 bits per heavy atom. The van der Waals surface area contributed by atoms with Gasteiger partial charge in [0.1, 0.15) is 0 Å². The van der Waals surface area contributed by atoms with Crippen LogP contribution in [0.15, 0.2) is 0 Å². The van der Waals surface area contributed by atoms with Crippen molar-refractivity contribution in [1.82, 2.24) is 4.90 Å². The Bertz CT molecular complexity index is 193. The predicted octanol–water partition coefficient (Wildman–Crippen LogP) is 3.44. The number of aliphatic hydroxyl groups excluding tert-OH is 1. The van der Waals surface area contributed by atoms with Crippen LogP contribution in [0.25, 0.3) is 0 Å². The number of likely N-dealkylation sites (tertiary alicyclic amines) is 1. The van der Waals surface area contributed by atoms with Gasteiger partial charge in [0.15, 0.2) is 0 Å². The van der Waals surface area contributed by atoms with E-state index in [0.717, 1.165) is 12.3 Å². The Morgan fingerprint density at radius 3 is 2.71 bits per heavy atom. The molecule has 0 amide bonds. The second-order valence-electron chi connectivity index (χ2n) is 5.79. The Morgan fingerprint density at radius 1 is 1.35 bits per heavy atom. The van der Waals surface area contributed by atoms with Crippen LogP contribution in [0.3, 0.4) is 0 Å². The molecule has 0 aromatic carbocycles. The zero-order valence-corrected chi connectivity index (χ0v) is 12.0. The van der Waals surface area contributed by atoms with E-state index in [1.54, 1.807) is 0 Å². The van der Waals surface area contributed by atoms with Gasteiger partial charge in [-0.3, -0.25) is 0 Å². The lowest BCUT2D eigenvalue weighted by molar-refractivity contribution is 0.122. The Kier molecular flexibility index (Phi) is 7.14. The topological polar surface area (TPSA) is 23.5 Å². The van der Waals surface area contributed by atoms with Gasteiger partial charge in [-0.25, -0.2) is 0 Å². The third kappa shape index (κ3) is 5.39. The molecular weight excluding hydrogens is 210 g/mol. The predicted molar refractivity (Wildman–Crippen MR) is 74.2 cm³/mol. The van der Waals surface area contributed by atoms with Gasteiger partial charge in [0.25, 0.3) is 0 Å². The monoisotopic (exact) mass is 241 g/mol. The molecule has 102 valence electrons. The lowest BCUT2D eigenvalue weighted by Crippen LogP contribution is -2.35. The molecule has 2 nitrogen and oxygen atoms in total. The number of unbranched alkanes of at least 4 members (excludes halogenated alkanes) is 1. The fraction of sp³-hybridized carbons (Fsp3) is 1.00. The van der Waals surface area contributed by atoms with Crippen molar-refractivity contribution in [3.05, 3.63) is 0 Å². The molecule has 1 saturated heterocycles. The molecule has 1 N–H and O–H groups in total. The molecule has 1 heterocycles. The summed E-state index contributed by atoms with van der Waals surface area (Å²) in [6, 6.07) is 0.644. The summed E-state index contributed by atoms with van der Waals surface area (Å²) in [4.78, 5) is 2.64. The lowest BCUT2D eigenvalue weighted by Gasteiger charge is -2.29. The molecule has 3 unspecified atom stereocenters. The van der Waals surface area contributed by atoms with Gasteiger partial charge in [0, 0.05) is 12.6 Å². The normalized spacial score (nSPS) is 25.1. The van der Waals surface area contributed by atoms with E-state index in [4.69, 9.17) is 0 Å². The standard InChI is InChI=1S/C15H31NO/c1-4-6-8-14(5-2)12-16-10-7-9-15(16)11-13(3)17/h13-15,17H,4-12H2,1-3H3. The summed E-state index contributed by atoms with van der Waals surface area (Å²) in [6.45, 7) is 9.03. The SMILES string of the molecule is CCCCC(CC)CN1CCCC1CC(C)O. The fourth-order valence-electron chi connectivity index (χ4n) is 3.05. The molecule has 17 heavy (non-hydrogen) atoms. The molecule has 0 aromatic heterocycles. The van der Waals surface area contributed by atoms with Crippen molar-refractivity contribution in [2.45, 2.75) is 77.9 Å². The molecule has 1 fully saturated rings. The summed E-state index contributed by atoms with van der Waals surface area (Å²) in [6.07, 6.45) is 8.79. The summed E-state index contributed by atoms with van der Waals surface area (Å²) in [5, 5.41) is 9.54. The molecule has 3 atom stereocenters. The van der Waals surface area contributed by atoms with E-state index in [9.17, 15) is 5.11 Å². The summed E-state index contributed by atoms with van der Waals surface area (Å²) in [5.74, 6) is 0.865. The minimum absolute atomic E-state index is 0.142. The molecule has 2 heteroatoms. The van der Waals surface area contributed by atoms with E-state index in [0.29, 0.717) is 6.04 Å². The number of rotatable bonds is 8. The highest BCUT2D eigenvalue weighted by Crippen LogP contribution is 2.24. The van der Waals surface area contributed by atoms with Gasteiger partial charge < -0.3 is 10.0 Å². The molecule has 0 radical (unpaired) electrons. The second kappa shape index (κ2) is 8.10. The molecule has 0 aliphatic carbocycles. The van der Waals surface area contributed by atoms with Gasteiger partial charge in [-0.2, -0.15) is 0 Å². The number of hydrogen-bond acceptors (Lipinski definition) is 2. The zero-order valence-electron chi connectivity index (χ0n) is 12.0. The lowest BCUT2D eigenvalue weighted by atomic mass is 9.98. The number of nitrogens with zero attached hydrogens (tertiary/aromatic N) is 1. The van der Waals surface area contributed by atoms with E-state index in [1.807, 2.05) is 6.92 Å². The van der Waals surface area contributed by atoms with Gasteiger partial charge in [0.2, 0.25) is 0 Å². The van der Waals surface area contributed by atoms with Crippen LogP contribution in [0, 0.1) is 5.92 Å². The van der Waals surface area contributed by atoms with Crippen LogP contribution in [0.2, 0.25) is 0 Å². The van der Waals surface area contributed by atoms with E-state index in [-0.39, 0.29) is 6.10 Å². The molecule has 1 rings (SSSR count). The summed E-state index contributed by atoms with van der Waals surface area (Å²) < 4.78 is 0. The first-order chi connectivity index (χ1) is 8.17. The van der Waals surface area contributed by atoms with Crippen molar-refractivity contribution in [2.75, 3.05) is 13.1 Å². The van der Waals surface area contributed by atoms with Crippen LogP contribution < -0.4 is 0 Å². The third-order valence-electron chi connectivity index (χ3n) is 4.15. The fourth-order valence-corrected chi connectivity index (χ4v) is 3.05. The maximum atomic E-state index is 9.54. The summed E-state index contributed by atoms with van der Waals surface area (Å²) in [5.41, 5.74) is 0. The van der Waals surface area contributed by atoms with E-state index >= 15 is 0 Å². The maximum Gasteiger partial charge on any atom is 0.0527 e. The van der Waals surface area contributed by atoms with Gasteiger partial charge in [-0.1, -0.05) is 33.1 Å². The smallest absolute Gasteiger partial charge is 0.0527 e. The molecule has 1 aliphatic heterocycles. The first-order valence-corrected chi connectivity index (χ1v) is 7.59. The van der Waals surface area contributed by atoms with Crippen LogP contribution in [0.4, 0.5) is 0 Å². The van der Waals surface area contributed by atoms with Crippen molar-refractivity contribution in [1.29, 1.82) is 0 Å². The Labute approximate surface area is 107 Å². The van der Waals surface area contributed by atoms with Crippen molar-refractivity contribution in [3.63, 3.8) is 0 Å². The molecular formula is C15H31NO. The zero-order chi connectivity index (χ0) is 12.7. The number of aliphatic hydroxyl groups is 1. The van der Waals surface area contributed by atoms with Crippen LogP contribution >= 0.6 is 0 Å². The summed E-state index contributed by atoms with van der Waals surface area (Å²) >= 11 is 0. The largest absolute Gasteiger partial charge is 0.393 e.